The highest BCUT2D eigenvalue weighted by Gasteiger charge is 2.27. The molecule has 132 valence electrons. The second kappa shape index (κ2) is 6.82. The molecule has 4 rings (SSSR count). The predicted molar refractivity (Wildman–Crippen MR) is 93.0 cm³/mol. The van der Waals surface area contributed by atoms with Crippen LogP contribution in [0.5, 0.6) is 0 Å². The number of hydrogen-bond donors (Lipinski definition) is 0. The Morgan fingerprint density at radius 3 is 2.88 bits per heavy atom. The molecule has 1 atom stereocenters. The molecule has 0 aliphatic carbocycles. The smallest absolute Gasteiger partial charge is 0.259 e. The van der Waals surface area contributed by atoms with Gasteiger partial charge in [0.15, 0.2) is 5.82 Å². The van der Waals surface area contributed by atoms with Gasteiger partial charge in [-0.2, -0.15) is 4.98 Å². The number of pyridine rings is 1. The number of amides is 1. The number of hydrogen-bond acceptors (Lipinski definition) is 6. The highest BCUT2D eigenvalue weighted by atomic mass is 16.5. The summed E-state index contributed by atoms with van der Waals surface area (Å²) in [6.45, 7) is 5.57. The van der Waals surface area contributed by atoms with E-state index < -0.39 is 0 Å². The fourth-order valence-electron chi connectivity index (χ4n) is 3.74. The predicted octanol–water partition coefficient (Wildman–Crippen LogP) is 2.28. The zero-order chi connectivity index (χ0) is 17.2. The first-order valence-corrected chi connectivity index (χ1v) is 8.98. The van der Waals surface area contributed by atoms with E-state index in [0.717, 1.165) is 50.4 Å². The van der Waals surface area contributed by atoms with Gasteiger partial charge >= 0.3 is 0 Å². The second-order valence-corrected chi connectivity index (χ2v) is 6.95. The molecule has 25 heavy (non-hydrogen) atoms. The summed E-state index contributed by atoms with van der Waals surface area (Å²) in [5.74, 6) is 2.93. The number of piperidine rings is 1. The molecule has 0 unspecified atom stereocenters. The minimum absolute atomic E-state index is 0.314. The van der Waals surface area contributed by atoms with Crippen LogP contribution in [0.2, 0.25) is 0 Å². The lowest BCUT2D eigenvalue weighted by Crippen LogP contribution is -2.41. The van der Waals surface area contributed by atoms with Crippen LogP contribution in [0.25, 0.3) is 11.5 Å². The third-order valence-corrected chi connectivity index (χ3v) is 5.02. The van der Waals surface area contributed by atoms with Crippen molar-refractivity contribution in [3.8, 4) is 11.5 Å². The number of carbonyl (C=O) groups is 1. The molecule has 0 bridgehead atoms. The van der Waals surface area contributed by atoms with Crippen LogP contribution in [-0.4, -0.2) is 52.1 Å². The molecule has 0 spiro atoms. The van der Waals surface area contributed by atoms with Crippen LogP contribution >= 0.6 is 0 Å². The van der Waals surface area contributed by atoms with Crippen molar-refractivity contribution in [2.75, 3.05) is 31.1 Å². The fourth-order valence-corrected chi connectivity index (χ4v) is 3.74. The zero-order valence-corrected chi connectivity index (χ0v) is 14.5. The van der Waals surface area contributed by atoms with Gasteiger partial charge in [-0.05, 0) is 44.2 Å². The Labute approximate surface area is 147 Å². The van der Waals surface area contributed by atoms with Gasteiger partial charge in [-0.25, -0.2) is 4.98 Å². The molecule has 2 aromatic heterocycles. The summed E-state index contributed by atoms with van der Waals surface area (Å²) < 4.78 is 5.19. The monoisotopic (exact) mass is 341 g/mol. The van der Waals surface area contributed by atoms with Crippen LogP contribution in [0.3, 0.4) is 0 Å². The first-order valence-electron chi connectivity index (χ1n) is 8.98. The van der Waals surface area contributed by atoms with E-state index >= 15 is 0 Å². The van der Waals surface area contributed by atoms with Crippen molar-refractivity contribution in [1.29, 1.82) is 0 Å². The van der Waals surface area contributed by atoms with E-state index in [4.69, 9.17) is 4.52 Å². The maximum absolute atomic E-state index is 11.9. The van der Waals surface area contributed by atoms with Crippen LogP contribution in [0, 0.1) is 12.8 Å². The number of anilines is 1. The van der Waals surface area contributed by atoms with Gasteiger partial charge in [0.25, 0.3) is 5.89 Å². The molecule has 4 heterocycles. The Bertz CT molecular complexity index is 742. The summed E-state index contributed by atoms with van der Waals surface area (Å²) in [5, 5.41) is 3.81. The quantitative estimate of drug-likeness (QED) is 0.849. The highest BCUT2D eigenvalue weighted by molar-refractivity contribution is 5.78. The molecule has 0 N–H and O–H groups in total. The van der Waals surface area contributed by atoms with Crippen molar-refractivity contribution in [1.82, 2.24) is 20.0 Å². The first kappa shape index (κ1) is 16.1. The zero-order valence-electron chi connectivity index (χ0n) is 14.5. The molecule has 2 fully saturated rings. The van der Waals surface area contributed by atoms with Gasteiger partial charge in [-0.3, -0.25) is 4.79 Å². The van der Waals surface area contributed by atoms with E-state index in [2.05, 4.69) is 20.0 Å². The van der Waals surface area contributed by atoms with Gasteiger partial charge in [0.1, 0.15) is 5.82 Å². The van der Waals surface area contributed by atoms with E-state index in [1.54, 1.807) is 13.1 Å². The lowest BCUT2D eigenvalue weighted by molar-refractivity contribution is -0.128. The van der Waals surface area contributed by atoms with E-state index in [1.165, 1.54) is 6.42 Å². The summed E-state index contributed by atoms with van der Waals surface area (Å²) in [5.41, 5.74) is 0.834. The fraction of sp³-hybridized carbons (Fsp3) is 0.556. The summed E-state index contributed by atoms with van der Waals surface area (Å²) in [4.78, 5) is 25.0. The summed E-state index contributed by atoms with van der Waals surface area (Å²) in [6, 6.07) is 3.99. The summed E-state index contributed by atoms with van der Waals surface area (Å²) in [7, 11) is 0. The molecule has 7 nitrogen and oxygen atoms in total. The largest absolute Gasteiger partial charge is 0.356 e. The number of rotatable bonds is 4. The molecular formula is C18H23N5O2. The molecule has 7 heteroatoms. The van der Waals surface area contributed by atoms with E-state index in [1.807, 2.05) is 17.0 Å². The minimum Gasteiger partial charge on any atom is -0.356 e. The Kier molecular flexibility index (Phi) is 4.38. The Morgan fingerprint density at radius 2 is 2.20 bits per heavy atom. The standard InChI is InChI=1S/C18H23N5O2/c1-13-20-18(25-21-13)15-6-7-16(19-10-15)22-8-2-4-14(11-22)12-23-9-3-5-17(23)24/h6-7,10,14H,2-5,8-9,11-12H2,1H3/t14-/m0/s1. The normalized spacial score (nSPS) is 21.2. The SMILES string of the molecule is Cc1noc(-c2ccc(N3CCC[C@H](CN4CCCC4=O)C3)nc2)n1. The average molecular weight is 341 g/mol. The molecule has 2 saturated heterocycles. The average Bonchev–Trinajstić information content (AvgIpc) is 3.24. The van der Waals surface area contributed by atoms with Gasteiger partial charge < -0.3 is 14.3 Å². The van der Waals surface area contributed by atoms with Crippen LogP contribution < -0.4 is 4.90 Å². The van der Waals surface area contributed by atoms with Crippen molar-refractivity contribution in [3.63, 3.8) is 0 Å². The molecule has 1 amide bonds. The summed E-state index contributed by atoms with van der Waals surface area (Å²) in [6.07, 6.45) is 5.83. The van der Waals surface area contributed by atoms with Gasteiger partial charge in [-0.15, -0.1) is 0 Å². The third kappa shape index (κ3) is 3.50. The number of likely N-dealkylation sites (tertiary alicyclic amines) is 1. The Morgan fingerprint density at radius 1 is 1.28 bits per heavy atom. The van der Waals surface area contributed by atoms with Crippen LogP contribution in [-0.2, 0) is 4.79 Å². The van der Waals surface area contributed by atoms with Gasteiger partial charge in [-0.1, -0.05) is 5.16 Å². The molecule has 2 aliphatic heterocycles. The molecule has 0 saturated carbocycles. The summed E-state index contributed by atoms with van der Waals surface area (Å²) >= 11 is 0. The van der Waals surface area contributed by atoms with Crippen molar-refractivity contribution >= 4 is 11.7 Å². The topological polar surface area (TPSA) is 75.4 Å². The third-order valence-electron chi connectivity index (χ3n) is 5.02. The van der Waals surface area contributed by atoms with Gasteiger partial charge in [0.2, 0.25) is 5.91 Å². The van der Waals surface area contributed by atoms with Crippen molar-refractivity contribution in [3.05, 3.63) is 24.2 Å². The van der Waals surface area contributed by atoms with Crippen molar-refractivity contribution < 1.29 is 9.32 Å². The number of aryl methyl sites for hydroxylation is 1. The minimum atomic E-state index is 0.314. The maximum atomic E-state index is 11.9. The lowest BCUT2D eigenvalue weighted by Gasteiger charge is -2.35. The Balaban J connectivity index is 1.41. The molecular weight excluding hydrogens is 318 g/mol. The molecule has 2 aromatic rings. The van der Waals surface area contributed by atoms with Gasteiger partial charge in [0.05, 0.1) is 5.56 Å². The van der Waals surface area contributed by atoms with Gasteiger partial charge in [0, 0.05) is 38.8 Å². The van der Waals surface area contributed by atoms with Crippen molar-refractivity contribution in [2.45, 2.75) is 32.6 Å². The number of aromatic nitrogens is 3. The molecule has 0 aromatic carbocycles. The number of nitrogens with zero attached hydrogens (tertiary/aromatic N) is 5. The number of carbonyl (C=O) groups excluding carboxylic acids is 1. The first-order chi connectivity index (χ1) is 12.2. The Hall–Kier alpha value is -2.44. The van der Waals surface area contributed by atoms with Crippen molar-refractivity contribution in [2.24, 2.45) is 5.92 Å². The van der Waals surface area contributed by atoms with E-state index in [0.29, 0.717) is 30.0 Å². The molecule has 2 aliphatic rings. The lowest BCUT2D eigenvalue weighted by atomic mass is 9.97. The van der Waals surface area contributed by atoms with Crippen LogP contribution in [0.4, 0.5) is 5.82 Å². The van der Waals surface area contributed by atoms with E-state index in [-0.39, 0.29) is 0 Å². The van der Waals surface area contributed by atoms with Crippen LogP contribution in [0.1, 0.15) is 31.5 Å². The maximum Gasteiger partial charge on any atom is 0.259 e. The van der Waals surface area contributed by atoms with E-state index in [9.17, 15) is 4.79 Å². The molecule has 0 radical (unpaired) electrons. The highest BCUT2D eigenvalue weighted by Crippen LogP contribution is 2.25. The van der Waals surface area contributed by atoms with Crippen LogP contribution in [0.15, 0.2) is 22.9 Å². The second-order valence-electron chi connectivity index (χ2n) is 6.95.